The lowest BCUT2D eigenvalue weighted by molar-refractivity contribution is 0.165. The predicted octanol–water partition coefficient (Wildman–Crippen LogP) is 1.58. The SMILES string of the molecule is CCN(Cc1nnnn1Cc1ccccc1)C[C@@H]1CCOC1. The van der Waals surface area contributed by atoms with E-state index >= 15 is 0 Å². The summed E-state index contributed by atoms with van der Waals surface area (Å²) in [6.07, 6.45) is 1.16. The zero-order valence-corrected chi connectivity index (χ0v) is 13.1. The van der Waals surface area contributed by atoms with Gasteiger partial charge in [-0.25, -0.2) is 4.68 Å². The van der Waals surface area contributed by atoms with Crippen LogP contribution in [0.25, 0.3) is 0 Å². The third-order valence-corrected chi connectivity index (χ3v) is 4.13. The van der Waals surface area contributed by atoms with E-state index in [-0.39, 0.29) is 0 Å². The molecule has 1 aliphatic heterocycles. The summed E-state index contributed by atoms with van der Waals surface area (Å²) < 4.78 is 7.36. The Labute approximate surface area is 131 Å². The minimum Gasteiger partial charge on any atom is -0.381 e. The van der Waals surface area contributed by atoms with Crippen LogP contribution in [0, 0.1) is 5.92 Å². The fourth-order valence-corrected chi connectivity index (χ4v) is 2.81. The van der Waals surface area contributed by atoms with Gasteiger partial charge in [-0.3, -0.25) is 4.90 Å². The van der Waals surface area contributed by atoms with Gasteiger partial charge in [-0.05, 0) is 34.9 Å². The maximum atomic E-state index is 5.47. The van der Waals surface area contributed by atoms with Gasteiger partial charge < -0.3 is 4.74 Å². The van der Waals surface area contributed by atoms with Crippen LogP contribution in [-0.4, -0.2) is 51.4 Å². The average molecular weight is 301 g/mol. The molecule has 0 saturated carbocycles. The number of hydrogen-bond donors (Lipinski definition) is 0. The fourth-order valence-electron chi connectivity index (χ4n) is 2.81. The monoisotopic (exact) mass is 301 g/mol. The van der Waals surface area contributed by atoms with Crippen LogP contribution in [0.4, 0.5) is 0 Å². The molecule has 3 rings (SSSR count). The molecular formula is C16H23N5O. The Morgan fingerprint density at radius 2 is 2.18 bits per heavy atom. The molecule has 6 heteroatoms. The van der Waals surface area contributed by atoms with Crippen molar-refractivity contribution in [2.75, 3.05) is 26.3 Å². The first-order valence-electron chi connectivity index (χ1n) is 7.94. The van der Waals surface area contributed by atoms with Crippen molar-refractivity contribution in [2.24, 2.45) is 5.92 Å². The van der Waals surface area contributed by atoms with E-state index in [9.17, 15) is 0 Å². The summed E-state index contributed by atoms with van der Waals surface area (Å²) >= 11 is 0. The van der Waals surface area contributed by atoms with Crippen LogP contribution in [0.3, 0.4) is 0 Å². The number of tetrazole rings is 1. The van der Waals surface area contributed by atoms with Crippen LogP contribution in [0.5, 0.6) is 0 Å². The van der Waals surface area contributed by atoms with Gasteiger partial charge in [-0.2, -0.15) is 0 Å². The summed E-state index contributed by atoms with van der Waals surface area (Å²) in [5.41, 5.74) is 1.21. The molecule has 6 nitrogen and oxygen atoms in total. The molecular weight excluding hydrogens is 278 g/mol. The van der Waals surface area contributed by atoms with E-state index < -0.39 is 0 Å². The Morgan fingerprint density at radius 3 is 2.91 bits per heavy atom. The van der Waals surface area contributed by atoms with Gasteiger partial charge >= 0.3 is 0 Å². The van der Waals surface area contributed by atoms with E-state index in [4.69, 9.17) is 4.74 Å². The number of rotatable bonds is 7. The van der Waals surface area contributed by atoms with E-state index in [2.05, 4.69) is 39.5 Å². The van der Waals surface area contributed by atoms with E-state index in [1.54, 1.807) is 0 Å². The molecule has 1 aromatic heterocycles. The number of nitrogens with zero attached hydrogens (tertiary/aromatic N) is 5. The maximum absolute atomic E-state index is 5.47. The summed E-state index contributed by atoms with van der Waals surface area (Å²) in [7, 11) is 0. The van der Waals surface area contributed by atoms with Crippen LogP contribution in [0.15, 0.2) is 30.3 Å². The van der Waals surface area contributed by atoms with Crippen LogP contribution >= 0.6 is 0 Å². The van der Waals surface area contributed by atoms with Crippen molar-refractivity contribution in [3.8, 4) is 0 Å². The van der Waals surface area contributed by atoms with Crippen LogP contribution < -0.4 is 0 Å². The quantitative estimate of drug-likeness (QED) is 0.777. The van der Waals surface area contributed by atoms with Crippen LogP contribution in [-0.2, 0) is 17.8 Å². The summed E-state index contributed by atoms with van der Waals surface area (Å²) in [6.45, 7) is 7.50. The van der Waals surface area contributed by atoms with E-state index in [0.717, 1.165) is 45.1 Å². The van der Waals surface area contributed by atoms with E-state index in [0.29, 0.717) is 12.5 Å². The molecule has 1 atom stereocenters. The van der Waals surface area contributed by atoms with Gasteiger partial charge in [0.2, 0.25) is 0 Å². The highest BCUT2D eigenvalue weighted by molar-refractivity contribution is 5.14. The number of hydrogen-bond acceptors (Lipinski definition) is 5. The van der Waals surface area contributed by atoms with Crippen molar-refractivity contribution in [1.82, 2.24) is 25.1 Å². The largest absolute Gasteiger partial charge is 0.381 e. The molecule has 0 spiro atoms. The standard InChI is InChI=1S/C16H23N5O/c1-2-20(10-15-8-9-22-13-15)12-16-17-18-19-21(16)11-14-6-4-3-5-7-14/h3-7,15H,2,8-13H2,1H3/t15-/m0/s1. The van der Waals surface area contributed by atoms with Gasteiger partial charge in [0.25, 0.3) is 0 Å². The topological polar surface area (TPSA) is 56.1 Å². The van der Waals surface area contributed by atoms with Gasteiger partial charge in [0, 0.05) is 13.2 Å². The summed E-state index contributed by atoms with van der Waals surface area (Å²) in [5, 5.41) is 12.2. The molecule has 0 amide bonds. The molecule has 1 aromatic carbocycles. The lowest BCUT2D eigenvalue weighted by Gasteiger charge is -2.22. The lowest BCUT2D eigenvalue weighted by atomic mass is 10.1. The summed E-state index contributed by atoms with van der Waals surface area (Å²) in [6, 6.07) is 10.3. The number of aromatic nitrogens is 4. The minimum atomic E-state index is 0.637. The molecule has 1 fully saturated rings. The van der Waals surface area contributed by atoms with Crippen molar-refractivity contribution in [3.63, 3.8) is 0 Å². The second-order valence-electron chi connectivity index (χ2n) is 5.80. The first kappa shape index (κ1) is 15.1. The van der Waals surface area contributed by atoms with Gasteiger partial charge in [0.1, 0.15) is 0 Å². The Morgan fingerprint density at radius 1 is 1.32 bits per heavy atom. The Balaban J connectivity index is 1.63. The fraction of sp³-hybridized carbons (Fsp3) is 0.562. The summed E-state index contributed by atoms with van der Waals surface area (Å²) in [5.74, 6) is 1.56. The minimum absolute atomic E-state index is 0.637. The molecule has 2 aromatic rings. The zero-order valence-electron chi connectivity index (χ0n) is 13.1. The molecule has 0 bridgehead atoms. The molecule has 118 valence electrons. The highest BCUT2D eigenvalue weighted by atomic mass is 16.5. The Kier molecular flexibility index (Phi) is 5.13. The van der Waals surface area contributed by atoms with Gasteiger partial charge in [-0.1, -0.05) is 37.3 Å². The third kappa shape index (κ3) is 3.90. The van der Waals surface area contributed by atoms with Gasteiger partial charge in [0.05, 0.1) is 19.7 Å². The Bertz CT molecular complexity index is 565. The first-order valence-corrected chi connectivity index (χ1v) is 7.94. The first-order chi connectivity index (χ1) is 10.8. The van der Waals surface area contributed by atoms with E-state index in [1.165, 1.54) is 5.56 Å². The number of ether oxygens (including phenoxy) is 1. The normalized spacial score (nSPS) is 18.2. The van der Waals surface area contributed by atoms with Crippen LogP contribution in [0.1, 0.15) is 24.7 Å². The molecule has 1 saturated heterocycles. The molecule has 0 unspecified atom stereocenters. The van der Waals surface area contributed by atoms with Crippen molar-refractivity contribution in [1.29, 1.82) is 0 Å². The van der Waals surface area contributed by atoms with Crippen molar-refractivity contribution in [3.05, 3.63) is 41.7 Å². The van der Waals surface area contributed by atoms with E-state index in [1.807, 2.05) is 22.9 Å². The highest BCUT2D eigenvalue weighted by Crippen LogP contribution is 2.15. The van der Waals surface area contributed by atoms with Crippen LogP contribution in [0.2, 0.25) is 0 Å². The predicted molar refractivity (Wildman–Crippen MR) is 83.2 cm³/mol. The summed E-state index contributed by atoms with van der Waals surface area (Å²) in [4.78, 5) is 2.40. The average Bonchev–Trinajstić information content (AvgIpc) is 3.20. The van der Waals surface area contributed by atoms with Crippen molar-refractivity contribution >= 4 is 0 Å². The third-order valence-electron chi connectivity index (χ3n) is 4.13. The zero-order chi connectivity index (χ0) is 15.2. The molecule has 2 heterocycles. The molecule has 0 radical (unpaired) electrons. The molecule has 1 aliphatic rings. The maximum Gasteiger partial charge on any atom is 0.165 e. The van der Waals surface area contributed by atoms with Gasteiger partial charge in [0.15, 0.2) is 5.82 Å². The smallest absolute Gasteiger partial charge is 0.165 e. The second kappa shape index (κ2) is 7.47. The van der Waals surface area contributed by atoms with Gasteiger partial charge in [-0.15, -0.1) is 5.10 Å². The number of benzene rings is 1. The lowest BCUT2D eigenvalue weighted by Crippen LogP contribution is -2.30. The molecule has 0 aliphatic carbocycles. The highest BCUT2D eigenvalue weighted by Gasteiger charge is 2.20. The molecule has 0 N–H and O–H groups in total. The Hall–Kier alpha value is -1.79. The molecule has 22 heavy (non-hydrogen) atoms. The second-order valence-corrected chi connectivity index (χ2v) is 5.80. The van der Waals surface area contributed by atoms with Crippen molar-refractivity contribution < 1.29 is 4.74 Å². The van der Waals surface area contributed by atoms with Crippen molar-refractivity contribution in [2.45, 2.75) is 26.4 Å².